The van der Waals surface area contributed by atoms with Crippen LogP contribution in [0.5, 0.6) is 5.75 Å². The lowest BCUT2D eigenvalue weighted by Crippen LogP contribution is -2.28. The Morgan fingerprint density at radius 3 is 2.37 bits per heavy atom. The fourth-order valence-corrected chi connectivity index (χ4v) is 2.94. The zero-order valence-corrected chi connectivity index (χ0v) is 14.1. The van der Waals surface area contributed by atoms with E-state index in [4.69, 9.17) is 4.74 Å². The fraction of sp³-hybridized carbons (Fsp3) is 0.625. The van der Waals surface area contributed by atoms with Crippen molar-refractivity contribution in [3.63, 3.8) is 0 Å². The van der Waals surface area contributed by atoms with Gasteiger partial charge in [-0.05, 0) is 37.6 Å². The molecule has 19 heavy (non-hydrogen) atoms. The molecule has 1 N–H and O–H groups in total. The summed E-state index contributed by atoms with van der Waals surface area (Å²) in [5.74, 6) is 1.64. The van der Waals surface area contributed by atoms with Crippen molar-refractivity contribution in [2.45, 2.75) is 46.6 Å². The van der Waals surface area contributed by atoms with Crippen LogP contribution in [0.25, 0.3) is 0 Å². The van der Waals surface area contributed by atoms with E-state index in [1.54, 1.807) is 0 Å². The third-order valence-corrected chi connectivity index (χ3v) is 4.04. The van der Waals surface area contributed by atoms with Crippen LogP contribution < -0.4 is 10.1 Å². The van der Waals surface area contributed by atoms with Crippen LogP contribution in [0.2, 0.25) is 0 Å². The molecule has 0 spiro atoms. The minimum atomic E-state index is 0.360. The van der Waals surface area contributed by atoms with E-state index in [1.165, 1.54) is 18.4 Å². The average Bonchev–Trinajstić information content (AvgIpc) is 2.41. The van der Waals surface area contributed by atoms with E-state index in [-0.39, 0.29) is 0 Å². The van der Waals surface area contributed by atoms with Crippen LogP contribution in [0.3, 0.4) is 0 Å². The molecule has 0 aliphatic carbocycles. The minimum absolute atomic E-state index is 0.360. The van der Waals surface area contributed by atoms with Gasteiger partial charge >= 0.3 is 0 Å². The average molecular weight is 328 g/mol. The molecule has 1 aromatic rings. The van der Waals surface area contributed by atoms with Crippen LogP contribution in [-0.4, -0.2) is 13.2 Å². The molecule has 1 atom stereocenters. The quantitative estimate of drug-likeness (QED) is 0.730. The first-order valence-electron chi connectivity index (χ1n) is 7.33. The van der Waals surface area contributed by atoms with Crippen molar-refractivity contribution in [2.75, 3.05) is 13.2 Å². The highest BCUT2D eigenvalue weighted by Crippen LogP contribution is 2.35. The van der Waals surface area contributed by atoms with E-state index < -0.39 is 0 Å². The molecule has 0 heterocycles. The molecule has 0 saturated heterocycles. The normalized spacial score (nSPS) is 12.7. The number of hydrogen-bond donors (Lipinski definition) is 1. The maximum Gasteiger partial charge on any atom is 0.124 e. The monoisotopic (exact) mass is 327 g/mol. The molecule has 0 amide bonds. The standard InChI is InChI=1S/C16H26BrNO/c1-5-12(6-2)16(18-7-3)14-11-13(17)9-10-15(14)19-8-4/h9-12,16,18H,5-8H2,1-4H3. The predicted octanol–water partition coefficient (Wildman–Crippen LogP) is 4.93. The molecular weight excluding hydrogens is 302 g/mol. The Balaban J connectivity index is 3.15. The van der Waals surface area contributed by atoms with Gasteiger partial charge in [0.25, 0.3) is 0 Å². The number of ether oxygens (including phenoxy) is 1. The predicted molar refractivity (Wildman–Crippen MR) is 85.8 cm³/mol. The van der Waals surface area contributed by atoms with Crippen molar-refractivity contribution >= 4 is 15.9 Å². The summed E-state index contributed by atoms with van der Waals surface area (Å²) in [5, 5.41) is 3.63. The van der Waals surface area contributed by atoms with Gasteiger partial charge in [0.05, 0.1) is 6.61 Å². The molecule has 1 rings (SSSR count). The smallest absolute Gasteiger partial charge is 0.124 e. The Morgan fingerprint density at radius 2 is 1.84 bits per heavy atom. The Morgan fingerprint density at radius 1 is 1.16 bits per heavy atom. The molecule has 0 bridgehead atoms. The van der Waals surface area contributed by atoms with Gasteiger partial charge in [0.1, 0.15) is 5.75 Å². The lowest BCUT2D eigenvalue weighted by Gasteiger charge is -2.28. The van der Waals surface area contributed by atoms with Crippen LogP contribution in [0, 0.1) is 5.92 Å². The van der Waals surface area contributed by atoms with E-state index in [0.29, 0.717) is 18.6 Å². The van der Waals surface area contributed by atoms with Gasteiger partial charge in [-0.1, -0.05) is 49.5 Å². The van der Waals surface area contributed by atoms with Crippen LogP contribution in [0.15, 0.2) is 22.7 Å². The maximum absolute atomic E-state index is 5.80. The van der Waals surface area contributed by atoms with Gasteiger partial charge in [-0.15, -0.1) is 0 Å². The minimum Gasteiger partial charge on any atom is -0.494 e. The Labute approximate surface area is 126 Å². The van der Waals surface area contributed by atoms with Crippen LogP contribution in [0.4, 0.5) is 0 Å². The zero-order valence-electron chi connectivity index (χ0n) is 12.5. The van der Waals surface area contributed by atoms with Gasteiger partial charge in [0.15, 0.2) is 0 Å². The summed E-state index contributed by atoms with van der Waals surface area (Å²) in [4.78, 5) is 0. The lowest BCUT2D eigenvalue weighted by atomic mass is 9.88. The molecule has 2 nitrogen and oxygen atoms in total. The fourth-order valence-electron chi connectivity index (χ4n) is 2.56. The second kappa shape index (κ2) is 8.60. The van der Waals surface area contributed by atoms with Crippen molar-refractivity contribution in [3.8, 4) is 5.75 Å². The lowest BCUT2D eigenvalue weighted by molar-refractivity contribution is 0.306. The largest absolute Gasteiger partial charge is 0.494 e. The molecule has 0 aromatic heterocycles. The van der Waals surface area contributed by atoms with Crippen molar-refractivity contribution in [2.24, 2.45) is 5.92 Å². The summed E-state index contributed by atoms with van der Waals surface area (Å²) in [5.41, 5.74) is 1.27. The van der Waals surface area contributed by atoms with E-state index in [2.05, 4.69) is 54.2 Å². The van der Waals surface area contributed by atoms with E-state index in [0.717, 1.165) is 16.8 Å². The SMILES string of the molecule is CCNC(c1cc(Br)ccc1OCC)C(CC)CC. The topological polar surface area (TPSA) is 21.3 Å². The van der Waals surface area contributed by atoms with E-state index in [9.17, 15) is 0 Å². The first-order valence-corrected chi connectivity index (χ1v) is 8.12. The van der Waals surface area contributed by atoms with Gasteiger partial charge in [0, 0.05) is 16.1 Å². The van der Waals surface area contributed by atoms with Crippen LogP contribution in [0.1, 0.15) is 52.1 Å². The number of halogens is 1. The number of benzene rings is 1. The number of rotatable bonds is 8. The van der Waals surface area contributed by atoms with E-state index >= 15 is 0 Å². The molecule has 0 saturated carbocycles. The molecule has 1 aromatic carbocycles. The highest BCUT2D eigenvalue weighted by Gasteiger charge is 2.23. The van der Waals surface area contributed by atoms with Crippen LogP contribution in [-0.2, 0) is 0 Å². The Hall–Kier alpha value is -0.540. The van der Waals surface area contributed by atoms with Crippen molar-refractivity contribution in [1.82, 2.24) is 5.32 Å². The van der Waals surface area contributed by atoms with E-state index in [1.807, 2.05) is 13.0 Å². The summed E-state index contributed by atoms with van der Waals surface area (Å²) in [6.07, 6.45) is 2.35. The molecule has 0 aliphatic heterocycles. The molecule has 0 radical (unpaired) electrons. The third-order valence-electron chi connectivity index (χ3n) is 3.55. The third kappa shape index (κ3) is 4.50. The Bertz CT molecular complexity index is 377. The number of nitrogens with one attached hydrogen (secondary N) is 1. The first kappa shape index (κ1) is 16.5. The molecule has 108 valence electrons. The van der Waals surface area contributed by atoms with Gasteiger partial charge in [-0.2, -0.15) is 0 Å². The van der Waals surface area contributed by atoms with Gasteiger partial charge in [-0.25, -0.2) is 0 Å². The summed E-state index contributed by atoms with van der Waals surface area (Å²) in [7, 11) is 0. The maximum atomic E-state index is 5.80. The summed E-state index contributed by atoms with van der Waals surface area (Å²) >= 11 is 3.58. The summed E-state index contributed by atoms with van der Waals surface area (Å²) in [6, 6.07) is 6.66. The molecule has 3 heteroatoms. The first-order chi connectivity index (χ1) is 9.17. The Kier molecular flexibility index (Phi) is 7.47. The summed E-state index contributed by atoms with van der Waals surface area (Å²) in [6.45, 7) is 10.4. The molecule has 1 unspecified atom stereocenters. The zero-order chi connectivity index (χ0) is 14.3. The summed E-state index contributed by atoms with van der Waals surface area (Å²) < 4.78 is 6.91. The second-order valence-electron chi connectivity index (χ2n) is 4.73. The second-order valence-corrected chi connectivity index (χ2v) is 5.64. The molecule has 0 fully saturated rings. The van der Waals surface area contributed by atoms with Crippen molar-refractivity contribution in [3.05, 3.63) is 28.2 Å². The van der Waals surface area contributed by atoms with Gasteiger partial charge in [0.2, 0.25) is 0 Å². The van der Waals surface area contributed by atoms with Crippen LogP contribution >= 0.6 is 15.9 Å². The van der Waals surface area contributed by atoms with Gasteiger partial charge < -0.3 is 10.1 Å². The molecule has 0 aliphatic rings. The van der Waals surface area contributed by atoms with Crippen molar-refractivity contribution in [1.29, 1.82) is 0 Å². The van der Waals surface area contributed by atoms with Crippen molar-refractivity contribution < 1.29 is 4.74 Å². The number of hydrogen-bond acceptors (Lipinski definition) is 2. The molecular formula is C16H26BrNO. The highest BCUT2D eigenvalue weighted by molar-refractivity contribution is 9.10. The van der Waals surface area contributed by atoms with Gasteiger partial charge in [-0.3, -0.25) is 0 Å². The highest BCUT2D eigenvalue weighted by atomic mass is 79.9.